The van der Waals surface area contributed by atoms with Crippen LogP contribution < -0.4 is 20.7 Å². The Morgan fingerprint density at radius 2 is 1.13 bits per heavy atom. The van der Waals surface area contributed by atoms with E-state index in [9.17, 15) is 19.2 Å². The third-order valence-corrected chi connectivity index (χ3v) is 6.07. The van der Waals surface area contributed by atoms with E-state index in [0.29, 0.717) is 10.8 Å². The maximum Gasteiger partial charge on any atom is 0.412 e. The van der Waals surface area contributed by atoms with Gasteiger partial charge in [-0.1, -0.05) is 101 Å². The summed E-state index contributed by atoms with van der Waals surface area (Å²) in [5.41, 5.74) is 1.55. The van der Waals surface area contributed by atoms with Gasteiger partial charge in [0.1, 0.15) is 5.75 Å². The van der Waals surface area contributed by atoms with Gasteiger partial charge in [-0.15, -0.1) is 0 Å². The lowest BCUT2D eigenvalue weighted by molar-refractivity contribution is -0.135. The van der Waals surface area contributed by atoms with E-state index in [2.05, 4.69) is 16.0 Å². The fourth-order valence-electron chi connectivity index (χ4n) is 2.96. The second-order valence-electron chi connectivity index (χ2n) is 9.44. The van der Waals surface area contributed by atoms with Gasteiger partial charge in [0.25, 0.3) is 3.79 Å². The minimum absolute atomic E-state index is 0.110. The van der Waals surface area contributed by atoms with Crippen molar-refractivity contribution in [3.05, 3.63) is 102 Å². The number of carboxylic acids is 1. The first-order valence-corrected chi connectivity index (χ1v) is 15.0. The van der Waals surface area contributed by atoms with E-state index >= 15 is 0 Å². The van der Waals surface area contributed by atoms with Crippen LogP contribution in [0, 0.1) is 0 Å². The molecule has 0 saturated heterocycles. The van der Waals surface area contributed by atoms with Crippen molar-refractivity contribution >= 4 is 92.7 Å². The number of alkyl halides is 3. The number of amides is 5. The Bertz CT molecular complexity index is 1580. The normalized spacial score (nSPS) is 9.81. The monoisotopic (exact) mass is 725 g/mol. The Labute approximate surface area is 293 Å². The summed E-state index contributed by atoms with van der Waals surface area (Å²) in [5.74, 6) is -0.884. The molecule has 0 atom stereocenters. The number of ether oxygens (including phenoxy) is 1. The summed E-state index contributed by atoms with van der Waals surface area (Å²) >= 11 is 20.1. The molecule has 0 heterocycles. The van der Waals surface area contributed by atoms with Crippen molar-refractivity contribution in [3.8, 4) is 5.75 Å². The van der Waals surface area contributed by atoms with Gasteiger partial charge in [0.15, 0.2) is 0 Å². The highest BCUT2D eigenvalue weighted by Gasteiger charge is 2.29. The molecule has 4 N–H and O–H groups in total. The molecule has 0 aliphatic carbocycles. The highest BCUT2D eigenvalue weighted by molar-refractivity contribution is 6.75. The highest BCUT2D eigenvalue weighted by atomic mass is 35.6. The van der Waals surface area contributed by atoms with Crippen LogP contribution in [0.1, 0.15) is 0 Å². The molecule has 4 aromatic carbocycles. The lowest BCUT2D eigenvalue weighted by atomic mass is 10.1. The molecule has 4 rings (SSSR count). The van der Waals surface area contributed by atoms with E-state index in [0.717, 1.165) is 22.1 Å². The van der Waals surface area contributed by atoms with Crippen LogP contribution in [0.2, 0.25) is 5.02 Å². The molecule has 0 spiro atoms. The van der Waals surface area contributed by atoms with Gasteiger partial charge in [0.05, 0.1) is 0 Å². The number of anilines is 2. The van der Waals surface area contributed by atoms with Crippen molar-refractivity contribution in [1.82, 2.24) is 15.1 Å². The van der Waals surface area contributed by atoms with E-state index in [-0.39, 0.29) is 12.1 Å². The molecule has 0 aromatic heterocycles. The fraction of sp³-hybridized carbons (Fsp3) is 0.188. The predicted molar refractivity (Wildman–Crippen MR) is 190 cm³/mol. The largest absolute Gasteiger partial charge is 0.478 e. The topological polar surface area (TPSA) is 140 Å². The summed E-state index contributed by atoms with van der Waals surface area (Å²) in [6, 6.07) is 29.5. The Kier molecular flexibility index (Phi) is 17.8. The van der Waals surface area contributed by atoms with Gasteiger partial charge >= 0.3 is 24.1 Å². The Morgan fingerprint density at radius 1 is 0.681 bits per heavy atom. The van der Waals surface area contributed by atoms with Crippen LogP contribution in [0.3, 0.4) is 0 Å². The first-order valence-electron chi connectivity index (χ1n) is 13.5. The number of nitrogens with one attached hydrogen (secondary N) is 3. The zero-order chi connectivity index (χ0) is 35.6. The molecule has 4 aromatic rings. The Balaban J connectivity index is 0.000000323. The van der Waals surface area contributed by atoms with Crippen molar-refractivity contribution in [2.24, 2.45) is 0 Å². The van der Waals surface area contributed by atoms with Crippen molar-refractivity contribution in [3.63, 3.8) is 0 Å². The zero-order valence-electron chi connectivity index (χ0n) is 26.1. The lowest BCUT2D eigenvalue weighted by Crippen LogP contribution is -2.27. The average molecular weight is 727 g/mol. The average Bonchev–Trinajstić information content (AvgIpc) is 3.03. The standard InChI is InChI=1S/C12H11NO2.C9H11ClN2O.C9H12N2O.C2HCl3O2/c1-13-12(14)15-11-8-4-6-9-5-2-3-7-10(9)11;1-12(2)9(13)11-8-5-3-7(10)4-6-8;1-11(2)9(12)10-8-6-4-3-5-7-8;3-2(4,5)1(6)7/h2-8H,1H3,(H,13,14);3-6H,1-2H3,(H,11,13);3-7H,1-2H3,(H,10,12);(H,6,7). The van der Waals surface area contributed by atoms with Crippen LogP contribution in [0.5, 0.6) is 5.75 Å². The summed E-state index contributed by atoms with van der Waals surface area (Å²) in [6.45, 7) is 0. The lowest BCUT2D eigenvalue weighted by Gasteiger charge is -2.11. The number of urea groups is 2. The van der Waals surface area contributed by atoms with E-state index < -0.39 is 15.9 Å². The maximum atomic E-state index is 11.2. The molecule has 0 fully saturated rings. The van der Waals surface area contributed by atoms with Gasteiger partial charge in [-0.25, -0.2) is 19.2 Å². The van der Waals surface area contributed by atoms with Crippen LogP contribution in [-0.4, -0.2) is 78.1 Å². The molecule has 0 bridgehead atoms. The fourth-order valence-corrected chi connectivity index (χ4v) is 3.09. The number of rotatable bonds is 3. The molecule has 0 radical (unpaired) electrons. The molecule has 0 aliphatic heterocycles. The number of nitrogens with zero attached hydrogens (tertiary/aromatic N) is 2. The molecule has 15 heteroatoms. The molecule has 5 amide bonds. The molecule has 47 heavy (non-hydrogen) atoms. The van der Waals surface area contributed by atoms with Gasteiger partial charge in [-0.3, -0.25) is 0 Å². The minimum atomic E-state index is -2.17. The zero-order valence-corrected chi connectivity index (χ0v) is 29.2. The van der Waals surface area contributed by atoms with Crippen LogP contribution in [0.25, 0.3) is 10.8 Å². The molecular formula is C32H35Cl4N5O6. The van der Waals surface area contributed by atoms with Gasteiger partial charge in [0, 0.05) is 57.0 Å². The van der Waals surface area contributed by atoms with Crippen LogP contribution in [-0.2, 0) is 4.79 Å². The SMILES string of the molecule is CN(C)C(=O)Nc1ccc(Cl)cc1.CN(C)C(=O)Nc1ccccc1.CNC(=O)Oc1cccc2ccccc12.O=C(O)C(Cl)(Cl)Cl. The number of benzene rings is 4. The Morgan fingerprint density at radius 3 is 1.60 bits per heavy atom. The van der Waals surface area contributed by atoms with E-state index in [1.165, 1.54) is 16.8 Å². The van der Waals surface area contributed by atoms with Gasteiger partial charge in [-0.05, 0) is 47.9 Å². The summed E-state index contributed by atoms with van der Waals surface area (Å²) in [6.07, 6.45) is -0.452. The van der Waals surface area contributed by atoms with Crippen molar-refractivity contribution in [2.45, 2.75) is 3.79 Å². The number of carbonyl (C=O) groups is 4. The molecule has 0 saturated carbocycles. The number of halogens is 4. The smallest absolute Gasteiger partial charge is 0.412 e. The van der Waals surface area contributed by atoms with E-state index in [4.69, 9.17) is 56.2 Å². The number of hydrogen-bond donors (Lipinski definition) is 4. The Hall–Kier alpha value is -4.42. The summed E-state index contributed by atoms with van der Waals surface area (Å²) < 4.78 is 2.96. The van der Waals surface area contributed by atoms with Crippen LogP contribution in [0.4, 0.5) is 25.8 Å². The third kappa shape index (κ3) is 16.6. The molecule has 11 nitrogen and oxygen atoms in total. The molecule has 0 unspecified atom stereocenters. The second kappa shape index (κ2) is 20.7. The van der Waals surface area contributed by atoms with Crippen LogP contribution >= 0.6 is 46.4 Å². The first kappa shape index (κ1) is 40.6. The van der Waals surface area contributed by atoms with Gasteiger partial charge in [-0.2, -0.15) is 0 Å². The summed E-state index contributed by atoms with van der Waals surface area (Å²) in [5, 5.41) is 18.3. The number of hydrogen-bond acceptors (Lipinski definition) is 5. The minimum Gasteiger partial charge on any atom is -0.478 e. The number of para-hydroxylation sites is 1. The van der Waals surface area contributed by atoms with E-state index in [1.54, 1.807) is 58.5 Å². The maximum absolute atomic E-state index is 11.2. The van der Waals surface area contributed by atoms with Crippen molar-refractivity contribution < 1.29 is 29.0 Å². The third-order valence-electron chi connectivity index (χ3n) is 5.33. The quantitative estimate of drug-likeness (QED) is 0.157. The number of carbonyl (C=O) groups excluding carboxylic acids is 3. The number of carboxylic acid groups (broad SMARTS) is 1. The van der Waals surface area contributed by atoms with Crippen LogP contribution in [0.15, 0.2) is 97.1 Å². The second-order valence-corrected chi connectivity index (χ2v) is 12.2. The summed E-state index contributed by atoms with van der Waals surface area (Å²) in [7, 11) is 8.32. The molecule has 0 aliphatic rings. The predicted octanol–water partition coefficient (Wildman–Crippen LogP) is 8.21. The van der Waals surface area contributed by atoms with Gasteiger partial charge < -0.3 is 35.6 Å². The molecular weight excluding hydrogens is 692 g/mol. The summed E-state index contributed by atoms with van der Waals surface area (Å²) in [4.78, 5) is 46.0. The number of fused-ring (bicyclic) bond motifs is 1. The van der Waals surface area contributed by atoms with Gasteiger partial charge in [0.2, 0.25) is 0 Å². The van der Waals surface area contributed by atoms with E-state index in [1.807, 2.05) is 66.7 Å². The first-order chi connectivity index (χ1) is 22.0. The number of aliphatic carboxylic acids is 1. The van der Waals surface area contributed by atoms with Crippen molar-refractivity contribution in [1.29, 1.82) is 0 Å². The van der Waals surface area contributed by atoms with Crippen molar-refractivity contribution in [2.75, 3.05) is 45.9 Å². The molecule has 252 valence electrons. The highest BCUT2D eigenvalue weighted by Crippen LogP contribution is 2.26.